The van der Waals surface area contributed by atoms with Crippen LogP contribution >= 0.6 is 0 Å². The molecule has 0 radical (unpaired) electrons. The Morgan fingerprint density at radius 1 is 1.27 bits per heavy atom. The van der Waals surface area contributed by atoms with Crippen LogP contribution in [0.4, 0.5) is 0 Å². The highest BCUT2D eigenvalue weighted by Gasteiger charge is 2.30. The highest BCUT2D eigenvalue weighted by atomic mass is 16.2. The summed E-state index contributed by atoms with van der Waals surface area (Å²) in [4.78, 5) is 13.2. The van der Waals surface area contributed by atoms with E-state index >= 15 is 0 Å². The molecule has 2 heteroatoms. The van der Waals surface area contributed by atoms with Crippen LogP contribution in [0.15, 0.2) is 0 Å². The summed E-state index contributed by atoms with van der Waals surface area (Å²) >= 11 is 0. The van der Waals surface area contributed by atoms with Crippen molar-refractivity contribution >= 4 is 5.91 Å². The first kappa shape index (κ1) is 10.5. The van der Waals surface area contributed by atoms with Gasteiger partial charge in [0.05, 0.1) is 0 Å². The molecule has 0 aliphatic carbocycles. The minimum Gasteiger partial charge on any atom is -0.348 e. The lowest BCUT2D eigenvalue weighted by molar-refractivity contribution is -0.138. The molecule has 0 heterocycles. The van der Waals surface area contributed by atoms with E-state index in [-0.39, 0.29) is 11.3 Å². The fourth-order valence-electron chi connectivity index (χ4n) is 1.09. The van der Waals surface area contributed by atoms with Gasteiger partial charge in [0.15, 0.2) is 0 Å². The summed E-state index contributed by atoms with van der Waals surface area (Å²) in [5.41, 5.74) is -0.149. The van der Waals surface area contributed by atoms with E-state index in [2.05, 4.69) is 13.8 Å². The number of amides is 1. The summed E-state index contributed by atoms with van der Waals surface area (Å²) in [7, 11) is 3.62. The van der Waals surface area contributed by atoms with Crippen LogP contribution in [0.1, 0.15) is 33.6 Å². The predicted molar refractivity (Wildman–Crippen MR) is 47.4 cm³/mol. The zero-order chi connectivity index (χ0) is 9.07. The summed E-state index contributed by atoms with van der Waals surface area (Å²) < 4.78 is 0. The third-order valence-electron chi connectivity index (χ3n) is 2.48. The van der Waals surface area contributed by atoms with Gasteiger partial charge in [-0.05, 0) is 12.8 Å². The third kappa shape index (κ3) is 2.21. The van der Waals surface area contributed by atoms with Crippen molar-refractivity contribution in [2.75, 3.05) is 14.1 Å². The Balaban J connectivity index is 4.37. The maximum atomic E-state index is 11.6. The van der Waals surface area contributed by atoms with Gasteiger partial charge >= 0.3 is 0 Å². The van der Waals surface area contributed by atoms with Crippen LogP contribution in [-0.4, -0.2) is 24.9 Å². The fraction of sp³-hybridized carbons (Fsp3) is 0.889. The van der Waals surface area contributed by atoms with Gasteiger partial charge in [-0.25, -0.2) is 0 Å². The van der Waals surface area contributed by atoms with Crippen molar-refractivity contribution < 1.29 is 4.79 Å². The van der Waals surface area contributed by atoms with Gasteiger partial charge in [-0.1, -0.05) is 20.8 Å². The average Bonchev–Trinajstić information content (AvgIpc) is 2.01. The molecule has 0 rings (SSSR count). The summed E-state index contributed by atoms with van der Waals surface area (Å²) in [5, 5.41) is 0. The van der Waals surface area contributed by atoms with E-state index in [1.807, 2.05) is 21.0 Å². The summed E-state index contributed by atoms with van der Waals surface area (Å²) in [6.07, 6.45) is 1.83. The van der Waals surface area contributed by atoms with Crippen molar-refractivity contribution in [2.45, 2.75) is 33.6 Å². The second kappa shape index (κ2) is 3.74. The summed E-state index contributed by atoms with van der Waals surface area (Å²) in [6.45, 7) is 6.14. The molecule has 0 atom stereocenters. The normalized spacial score (nSPS) is 11.4. The van der Waals surface area contributed by atoms with Crippen LogP contribution in [-0.2, 0) is 4.79 Å². The number of hydrogen-bond acceptors (Lipinski definition) is 1. The van der Waals surface area contributed by atoms with Crippen LogP contribution in [0.5, 0.6) is 0 Å². The third-order valence-corrected chi connectivity index (χ3v) is 2.48. The molecule has 0 saturated carbocycles. The lowest BCUT2D eigenvalue weighted by Gasteiger charge is -2.28. The van der Waals surface area contributed by atoms with Gasteiger partial charge in [-0.2, -0.15) is 0 Å². The van der Waals surface area contributed by atoms with Crippen LogP contribution in [0.3, 0.4) is 0 Å². The first-order valence-electron chi connectivity index (χ1n) is 4.19. The van der Waals surface area contributed by atoms with Crippen molar-refractivity contribution in [3.05, 3.63) is 0 Å². The monoisotopic (exact) mass is 157 g/mol. The number of rotatable bonds is 3. The van der Waals surface area contributed by atoms with Gasteiger partial charge < -0.3 is 4.90 Å². The van der Waals surface area contributed by atoms with E-state index in [0.29, 0.717) is 0 Å². The van der Waals surface area contributed by atoms with Crippen molar-refractivity contribution in [1.29, 1.82) is 0 Å². The average molecular weight is 157 g/mol. The van der Waals surface area contributed by atoms with Gasteiger partial charge in [0.25, 0.3) is 0 Å². The standard InChI is InChI=1S/C9H19NO/c1-6-9(3,7-2)8(11)10(4)5/h6-7H2,1-5H3. The maximum absolute atomic E-state index is 11.6. The Morgan fingerprint density at radius 2 is 1.64 bits per heavy atom. The molecule has 0 aromatic carbocycles. The minimum atomic E-state index is -0.149. The number of nitrogens with zero attached hydrogens (tertiary/aromatic N) is 1. The molecule has 0 unspecified atom stereocenters. The largest absolute Gasteiger partial charge is 0.348 e. The van der Waals surface area contributed by atoms with E-state index in [1.54, 1.807) is 4.90 Å². The molecular weight excluding hydrogens is 138 g/mol. The zero-order valence-electron chi connectivity index (χ0n) is 8.27. The molecule has 0 aliphatic rings. The Labute approximate surface area is 69.6 Å². The van der Waals surface area contributed by atoms with Crippen LogP contribution < -0.4 is 0 Å². The van der Waals surface area contributed by atoms with E-state index in [4.69, 9.17) is 0 Å². The Hall–Kier alpha value is -0.530. The topological polar surface area (TPSA) is 20.3 Å². The number of carbonyl (C=O) groups is 1. The zero-order valence-corrected chi connectivity index (χ0v) is 8.27. The molecule has 0 fully saturated rings. The smallest absolute Gasteiger partial charge is 0.227 e. The summed E-state index contributed by atoms with van der Waals surface area (Å²) in [5.74, 6) is 0.238. The van der Waals surface area contributed by atoms with E-state index in [9.17, 15) is 4.79 Å². The molecule has 1 amide bonds. The predicted octanol–water partition coefficient (Wildman–Crippen LogP) is 1.90. The number of carbonyl (C=O) groups excluding carboxylic acids is 1. The SMILES string of the molecule is CCC(C)(CC)C(=O)N(C)C. The first-order valence-corrected chi connectivity index (χ1v) is 4.19. The molecular formula is C9H19NO. The van der Waals surface area contributed by atoms with Gasteiger partial charge in [0.2, 0.25) is 5.91 Å². The molecule has 11 heavy (non-hydrogen) atoms. The molecule has 2 nitrogen and oxygen atoms in total. The molecule has 0 bridgehead atoms. The highest BCUT2D eigenvalue weighted by molar-refractivity contribution is 5.81. The van der Waals surface area contributed by atoms with Crippen LogP contribution in [0.2, 0.25) is 0 Å². The van der Waals surface area contributed by atoms with E-state index in [0.717, 1.165) is 12.8 Å². The van der Waals surface area contributed by atoms with Gasteiger partial charge in [0, 0.05) is 19.5 Å². The van der Waals surface area contributed by atoms with Gasteiger partial charge in [0.1, 0.15) is 0 Å². The van der Waals surface area contributed by atoms with E-state index in [1.165, 1.54) is 0 Å². The minimum absolute atomic E-state index is 0.149. The molecule has 0 spiro atoms. The first-order chi connectivity index (χ1) is 4.98. The Kier molecular flexibility index (Phi) is 3.56. The van der Waals surface area contributed by atoms with Gasteiger partial charge in [-0.3, -0.25) is 4.79 Å². The van der Waals surface area contributed by atoms with Gasteiger partial charge in [-0.15, -0.1) is 0 Å². The lowest BCUT2D eigenvalue weighted by atomic mass is 9.83. The van der Waals surface area contributed by atoms with Crippen LogP contribution in [0.25, 0.3) is 0 Å². The molecule has 0 N–H and O–H groups in total. The Morgan fingerprint density at radius 3 is 1.73 bits per heavy atom. The van der Waals surface area contributed by atoms with Crippen molar-refractivity contribution in [3.8, 4) is 0 Å². The maximum Gasteiger partial charge on any atom is 0.227 e. The lowest BCUT2D eigenvalue weighted by Crippen LogP contribution is -2.37. The second-order valence-electron chi connectivity index (χ2n) is 3.47. The number of hydrogen-bond donors (Lipinski definition) is 0. The van der Waals surface area contributed by atoms with E-state index < -0.39 is 0 Å². The Bertz CT molecular complexity index is 136. The van der Waals surface area contributed by atoms with Crippen molar-refractivity contribution in [1.82, 2.24) is 4.90 Å². The summed E-state index contributed by atoms with van der Waals surface area (Å²) in [6, 6.07) is 0. The molecule has 0 aromatic rings. The molecule has 66 valence electrons. The molecule has 0 aromatic heterocycles. The van der Waals surface area contributed by atoms with Crippen LogP contribution in [0, 0.1) is 5.41 Å². The quantitative estimate of drug-likeness (QED) is 0.612. The molecule has 0 saturated heterocycles. The fourth-order valence-corrected chi connectivity index (χ4v) is 1.09. The van der Waals surface area contributed by atoms with Crippen molar-refractivity contribution in [3.63, 3.8) is 0 Å². The van der Waals surface area contributed by atoms with Crippen molar-refractivity contribution in [2.24, 2.45) is 5.41 Å². The highest BCUT2D eigenvalue weighted by Crippen LogP contribution is 2.26. The molecule has 0 aliphatic heterocycles. The second-order valence-corrected chi connectivity index (χ2v) is 3.47.